The smallest absolute Gasteiger partial charge is 0.305 e. The van der Waals surface area contributed by atoms with Crippen molar-refractivity contribution in [1.29, 1.82) is 0 Å². The molecular formula is C51H90O7. The van der Waals surface area contributed by atoms with Crippen LogP contribution in [0.5, 0.6) is 0 Å². The molecule has 0 spiro atoms. The third-order valence-electron chi connectivity index (χ3n) is 17.2. The Bertz CT molecular complexity index is 1250. The van der Waals surface area contributed by atoms with Gasteiger partial charge in [-0.25, -0.2) is 0 Å². The minimum Gasteiger partial charge on any atom is -0.463 e. The topological polar surface area (TPSA) is 105 Å². The van der Waals surface area contributed by atoms with Gasteiger partial charge in [-0.2, -0.15) is 0 Å². The highest BCUT2D eigenvalue weighted by Gasteiger charge is 2.59. The SMILES string of the molecule is CCCCCCCCCCCCCCCC(=O)OC[C@H]1O[C@@H](O[C@H]2CC[C@@]3(C)C(=CC[C@H]4[C@@H]5CC[C@H]([C@H](C)CCC(CC)C(C)C)[C@@]5(C)CC[C@@H]43)C2)[C@H](O)[C@@H](O)[C@@H]1O. The molecule has 0 aromatic rings. The van der Waals surface area contributed by atoms with Gasteiger partial charge in [0.2, 0.25) is 0 Å². The standard InChI is InChI=1S/C51H90O7/c1-8-10-11-12-13-14-15-16-17-18-19-20-21-22-45(52)56-34-44-46(53)47(54)48(55)49(58-44)57-39-29-31-50(6)38(33-39)25-26-40-42-28-27-41(51(42,7)32-30-43(40)50)36(5)23-24-37(9-2)35(3)4/h25,35-37,39-44,46-49,53-55H,8-24,26-34H2,1-7H3/t36-,37?,39+,40+,41-,42+,43+,44-,46-,47+,48-,49-,50+,51-/m1/s1. The van der Waals surface area contributed by atoms with Gasteiger partial charge in [0.1, 0.15) is 31.0 Å². The maximum absolute atomic E-state index is 12.6. The molecule has 4 aliphatic carbocycles. The summed E-state index contributed by atoms with van der Waals surface area (Å²) in [4.78, 5) is 12.6. The van der Waals surface area contributed by atoms with E-state index in [0.29, 0.717) is 17.8 Å². The van der Waals surface area contributed by atoms with E-state index in [4.69, 9.17) is 14.2 Å². The normalized spacial score (nSPS) is 37.1. The van der Waals surface area contributed by atoms with E-state index in [1.807, 2.05) is 0 Å². The Morgan fingerprint density at radius 2 is 1.45 bits per heavy atom. The maximum Gasteiger partial charge on any atom is 0.305 e. The van der Waals surface area contributed by atoms with E-state index in [2.05, 4.69) is 54.5 Å². The highest BCUT2D eigenvalue weighted by Crippen LogP contribution is 2.67. The highest BCUT2D eigenvalue weighted by molar-refractivity contribution is 5.69. The van der Waals surface area contributed by atoms with Crippen LogP contribution >= 0.6 is 0 Å². The summed E-state index contributed by atoms with van der Waals surface area (Å²) in [6, 6.07) is 0. The molecule has 0 amide bonds. The lowest BCUT2D eigenvalue weighted by Crippen LogP contribution is -2.60. The molecule has 0 aromatic carbocycles. The van der Waals surface area contributed by atoms with Crippen molar-refractivity contribution < 1.29 is 34.3 Å². The number of carbonyl (C=O) groups excluding carboxylic acids is 1. The van der Waals surface area contributed by atoms with Crippen LogP contribution in [0.2, 0.25) is 0 Å². The monoisotopic (exact) mass is 815 g/mol. The molecule has 3 saturated carbocycles. The van der Waals surface area contributed by atoms with Crippen molar-refractivity contribution in [3.8, 4) is 0 Å². The molecule has 5 aliphatic rings. The summed E-state index contributed by atoms with van der Waals surface area (Å²) < 4.78 is 18.0. The lowest BCUT2D eigenvalue weighted by atomic mass is 9.47. The van der Waals surface area contributed by atoms with Gasteiger partial charge in [-0.15, -0.1) is 0 Å². The highest BCUT2D eigenvalue weighted by atomic mass is 16.7. The van der Waals surface area contributed by atoms with Crippen molar-refractivity contribution in [3.05, 3.63) is 11.6 Å². The number of ether oxygens (including phenoxy) is 3. The molecule has 14 atom stereocenters. The zero-order valence-corrected chi connectivity index (χ0v) is 38.4. The molecule has 336 valence electrons. The van der Waals surface area contributed by atoms with Crippen LogP contribution in [0.25, 0.3) is 0 Å². The Labute approximate surface area is 355 Å². The molecule has 0 radical (unpaired) electrons. The zero-order valence-electron chi connectivity index (χ0n) is 38.4. The minimum atomic E-state index is -1.44. The fourth-order valence-electron chi connectivity index (χ4n) is 13.3. The lowest BCUT2D eigenvalue weighted by molar-refractivity contribution is -0.313. The number of allylic oxidation sites excluding steroid dienone is 1. The summed E-state index contributed by atoms with van der Waals surface area (Å²) in [6.45, 7) is 17.0. The second-order valence-electron chi connectivity index (χ2n) is 21.1. The molecule has 1 saturated heterocycles. The van der Waals surface area contributed by atoms with Crippen LogP contribution in [0.3, 0.4) is 0 Å². The Morgan fingerprint density at radius 3 is 2.09 bits per heavy atom. The van der Waals surface area contributed by atoms with Crippen LogP contribution in [0.1, 0.15) is 209 Å². The molecule has 58 heavy (non-hydrogen) atoms. The van der Waals surface area contributed by atoms with Gasteiger partial charge in [-0.05, 0) is 116 Å². The molecule has 1 unspecified atom stereocenters. The Morgan fingerprint density at radius 1 is 0.793 bits per heavy atom. The van der Waals surface area contributed by atoms with Gasteiger partial charge >= 0.3 is 5.97 Å². The number of fused-ring (bicyclic) bond motifs is 5. The number of esters is 1. The van der Waals surface area contributed by atoms with Crippen molar-refractivity contribution >= 4 is 5.97 Å². The first-order chi connectivity index (χ1) is 27.8. The van der Waals surface area contributed by atoms with Crippen molar-refractivity contribution in [2.24, 2.45) is 52.3 Å². The fourth-order valence-corrected chi connectivity index (χ4v) is 13.3. The quantitative estimate of drug-likeness (QED) is 0.0506. The molecule has 0 bridgehead atoms. The second-order valence-corrected chi connectivity index (χ2v) is 21.1. The van der Waals surface area contributed by atoms with Crippen LogP contribution in [0, 0.1) is 52.3 Å². The van der Waals surface area contributed by atoms with Crippen molar-refractivity contribution in [2.75, 3.05) is 6.61 Å². The Hall–Kier alpha value is -0.990. The number of carbonyl (C=O) groups is 1. The van der Waals surface area contributed by atoms with E-state index in [-0.39, 0.29) is 24.1 Å². The van der Waals surface area contributed by atoms with Gasteiger partial charge < -0.3 is 29.5 Å². The number of hydrogen-bond donors (Lipinski definition) is 3. The number of aliphatic hydroxyl groups excluding tert-OH is 3. The summed E-state index contributed by atoms with van der Waals surface area (Å²) in [7, 11) is 0. The maximum atomic E-state index is 12.6. The van der Waals surface area contributed by atoms with Gasteiger partial charge in [-0.1, -0.05) is 150 Å². The largest absolute Gasteiger partial charge is 0.463 e. The second kappa shape index (κ2) is 22.9. The predicted octanol–water partition coefficient (Wildman–Crippen LogP) is 11.9. The number of rotatable bonds is 24. The summed E-state index contributed by atoms with van der Waals surface area (Å²) in [6.07, 6.45) is 26.1. The van der Waals surface area contributed by atoms with Gasteiger partial charge in [0.25, 0.3) is 0 Å². The number of hydrogen-bond acceptors (Lipinski definition) is 7. The molecule has 5 rings (SSSR count). The Kier molecular flexibility index (Phi) is 19.0. The lowest BCUT2D eigenvalue weighted by Gasteiger charge is -2.58. The Balaban J connectivity index is 1.04. The van der Waals surface area contributed by atoms with Crippen LogP contribution in [-0.4, -0.2) is 64.7 Å². The zero-order chi connectivity index (χ0) is 41.9. The average molecular weight is 815 g/mol. The van der Waals surface area contributed by atoms with Crippen molar-refractivity contribution in [2.45, 2.75) is 246 Å². The molecule has 0 aromatic heterocycles. The number of aliphatic hydroxyl groups is 3. The van der Waals surface area contributed by atoms with Crippen LogP contribution < -0.4 is 0 Å². The molecule has 1 heterocycles. The van der Waals surface area contributed by atoms with E-state index in [0.717, 1.165) is 80.5 Å². The minimum absolute atomic E-state index is 0.139. The van der Waals surface area contributed by atoms with Crippen LogP contribution in [0.15, 0.2) is 11.6 Å². The number of unbranched alkanes of at least 4 members (excludes halogenated alkanes) is 12. The molecule has 7 nitrogen and oxygen atoms in total. The van der Waals surface area contributed by atoms with Gasteiger partial charge in [0, 0.05) is 6.42 Å². The fraction of sp³-hybridized carbons (Fsp3) is 0.941. The molecule has 1 aliphatic heterocycles. The van der Waals surface area contributed by atoms with Gasteiger partial charge in [-0.3, -0.25) is 4.79 Å². The molecule has 3 N–H and O–H groups in total. The van der Waals surface area contributed by atoms with Crippen LogP contribution in [0.4, 0.5) is 0 Å². The molecule has 7 heteroatoms. The predicted molar refractivity (Wildman–Crippen MR) is 235 cm³/mol. The first-order valence-corrected chi connectivity index (χ1v) is 25.0. The summed E-state index contributed by atoms with van der Waals surface area (Å²) >= 11 is 0. The molecular weight excluding hydrogens is 725 g/mol. The summed E-state index contributed by atoms with van der Waals surface area (Å²) in [5, 5.41) is 32.5. The van der Waals surface area contributed by atoms with E-state index in [1.54, 1.807) is 0 Å². The summed E-state index contributed by atoms with van der Waals surface area (Å²) in [5.74, 6) is 5.24. The molecule has 4 fully saturated rings. The third kappa shape index (κ3) is 11.9. The van der Waals surface area contributed by atoms with E-state index in [9.17, 15) is 20.1 Å². The average Bonchev–Trinajstić information content (AvgIpc) is 3.56. The van der Waals surface area contributed by atoms with Crippen LogP contribution in [-0.2, 0) is 19.0 Å². The van der Waals surface area contributed by atoms with Crippen molar-refractivity contribution in [1.82, 2.24) is 0 Å². The van der Waals surface area contributed by atoms with Gasteiger partial charge in [0.15, 0.2) is 6.29 Å². The first-order valence-electron chi connectivity index (χ1n) is 25.0. The van der Waals surface area contributed by atoms with Gasteiger partial charge in [0.05, 0.1) is 6.10 Å². The van der Waals surface area contributed by atoms with Crippen molar-refractivity contribution in [3.63, 3.8) is 0 Å². The van der Waals surface area contributed by atoms with E-state index < -0.39 is 30.7 Å². The third-order valence-corrected chi connectivity index (χ3v) is 17.2. The first kappa shape index (κ1) is 48.0. The summed E-state index contributed by atoms with van der Waals surface area (Å²) in [5.41, 5.74) is 2.13. The van der Waals surface area contributed by atoms with E-state index >= 15 is 0 Å². The van der Waals surface area contributed by atoms with E-state index in [1.165, 1.54) is 115 Å².